The van der Waals surface area contributed by atoms with Gasteiger partial charge in [-0.3, -0.25) is 0 Å². The summed E-state index contributed by atoms with van der Waals surface area (Å²) in [7, 11) is 0. The molecule has 0 radical (unpaired) electrons. The van der Waals surface area contributed by atoms with E-state index in [2.05, 4.69) is 55.3 Å². The minimum Gasteiger partial charge on any atom is -0.310 e. The topological polar surface area (TPSA) is 12.0 Å². The molecule has 0 amide bonds. The monoisotopic (exact) mass is 229 g/mol. The highest BCUT2D eigenvalue weighted by molar-refractivity contribution is 5.28. The van der Waals surface area contributed by atoms with E-state index in [9.17, 15) is 0 Å². The molecule has 0 bridgehead atoms. The summed E-state index contributed by atoms with van der Waals surface area (Å²) in [6.07, 6.45) is 3.22. The van der Waals surface area contributed by atoms with Crippen LogP contribution in [0.15, 0.2) is 24.3 Å². The Morgan fingerprint density at radius 3 is 2.71 bits per heavy atom. The van der Waals surface area contributed by atoms with Crippen LogP contribution in [0.25, 0.3) is 0 Å². The Kier molecular flexibility index (Phi) is 6.43. The minimum atomic E-state index is 0.442. The van der Waals surface area contributed by atoms with Crippen LogP contribution < -0.4 is 5.32 Å². The fourth-order valence-electron chi connectivity index (χ4n) is 2.01. The maximum atomic E-state index is 3.62. The highest BCUT2D eigenvalue weighted by Crippen LogP contribution is 2.21. The van der Waals surface area contributed by atoms with E-state index in [0.29, 0.717) is 6.04 Å². The Hall–Kier alpha value is -1.26. The quantitative estimate of drug-likeness (QED) is 0.731. The third-order valence-corrected chi connectivity index (χ3v) is 2.94. The van der Waals surface area contributed by atoms with Crippen molar-refractivity contribution in [2.45, 2.75) is 46.1 Å². The fourth-order valence-corrected chi connectivity index (χ4v) is 2.01. The van der Waals surface area contributed by atoms with Crippen LogP contribution >= 0.6 is 0 Å². The first kappa shape index (κ1) is 13.8. The first-order chi connectivity index (χ1) is 8.29. The summed E-state index contributed by atoms with van der Waals surface area (Å²) in [6.45, 7) is 7.36. The van der Waals surface area contributed by atoms with Crippen LogP contribution in [0, 0.1) is 18.8 Å². The summed E-state index contributed by atoms with van der Waals surface area (Å²) in [5.41, 5.74) is 2.78. The van der Waals surface area contributed by atoms with Crippen molar-refractivity contribution in [1.82, 2.24) is 5.32 Å². The number of rotatable bonds is 6. The zero-order chi connectivity index (χ0) is 12.5. The summed E-state index contributed by atoms with van der Waals surface area (Å²) in [5.74, 6) is 6.12. The van der Waals surface area contributed by atoms with E-state index in [1.54, 1.807) is 0 Å². The van der Waals surface area contributed by atoms with E-state index in [-0.39, 0.29) is 0 Å². The van der Waals surface area contributed by atoms with Gasteiger partial charge in [-0.05, 0) is 44.4 Å². The molecule has 92 valence electrons. The van der Waals surface area contributed by atoms with Gasteiger partial charge >= 0.3 is 0 Å². The summed E-state index contributed by atoms with van der Waals surface area (Å²) in [6, 6.07) is 9.07. The van der Waals surface area contributed by atoms with E-state index in [4.69, 9.17) is 0 Å². The van der Waals surface area contributed by atoms with E-state index in [1.807, 2.05) is 6.92 Å². The van der Waals surface area contributed by atoms with Crippen LogP contribution in [0.1, 0.15) is 50.3 Å². The number of hydrogen-bond acceptors (Lipinski definition) is 1. The molecule has 1 unspecified atom stereocenters. The largest absolute Gasteiger partial charge is 0.310 e. The van der Waals surface area contributed by atoms with Crippen molar-refractivity contribution in [3.8, 4) is 11.8 Å². The third-order valence-electron chi connectivity index (χ3n) is 2.94. The van der Waals surface area contributed by atoms with Gasteiger partial charge in [-0.1, -0.05) is 31.2 Å². The Bertz CT molecular complexity index is 384. The van der Waals surface area contributed by atoms with E-state index < -0.39 is 0 Å². The number of hydrogen-bond donors (Lipinski definition) is 1. The Morgan fingerprint density at radius 1 is 1.29 bits per heavy atom. The molecule has 1 aromatic rings. The molecule has 1 aromatic carbocycles. The normalized spacial score (nSPS) is 11.7. The van der Waals surface area contributed by atoms with Gasteiger partial charge < -0.3 is 5.32 Å². The molecule has 1 rings (SSSR count). The highest BCUT2D eigenvalue weighted by Gasteiger charge is 2.11. The van der Waals surface area contributed by atoms with Crippen molar-refractivity contribution in [3.05, 3.63) is 35.4 Å². The average Bonchev–Trinajstić information content (AvgIpc) is 2.35. The molecule has 1 heteroatoms. The smallest absolute Gasteiger partial charge is 0.0331 e. The van der Waals surface area contributed by atoms with E-state index >= 15 is 0 Å². The lowest BCUT2D eigenvalue weighted by molar-refractivity contribution is 0.503. The van der Waals surface area contributed by atoms with Crippen molar-refractivity contribution in [2.24, 2.45) is 0 Å². The lowest BCUT2D eigenvalue weighted by atomic mass is 9.97. The van der Waals surface area contributed by atoms with Crippen molar-refractivity contribution < 1.29 is 0 Å². The number of aryl methyl sites for hydroxylation is 1. The molecular weight excluding hydrogens is 206 g/mol. The van der Waals surface area contributed by atoms with Crippen LogP contribution in [0.3, 0.4) is 0 Å². The van der Waals surface area contributed by atoms with Crippen molar-refractivity contribution in [3.63, 3.8) is 0 Å². The molecule has 0 spiro atoms. The van der Waals surface area contributed by atoms with Gasteiger partial charge in [0.25, 0.3) is 0 Å². The zero-order valence-corrected chi connectivity index (χ0v) is 11.2. The summed E-state index contributed by atoms with van der Waals surface area (Å²) < 4.78 is 0. The standard InChI is InChI=1S/C16H23N/c1-4-6-7-12-16(17-13-5-2)15-11-9-8-10-14(15)3/h8-11,16-17H,5,7,12-13H2,1-3H3. The third kappa shape index (κ3) is 4.63. The van der Waals surface area contributed by atoms with E-state index in [0.717, 1.165) is 19.4 Å². The van der Waals surface area contributed by atoms with Gasteiger partial charge in [-0.2, -0.15) is 0 Å². The molecule has 0 aliphatic carbocycles. The molecule has 0 aliphatic rings. The van der Waals surface area contributed by atoms with E-state index in [1.165, 1.54) is 17.5 Å². The molecule has 0 aromatic heterocycles. The van der Waals surface area contributed by atoms with Gasteiger partial charge in [0.2, 0.25) is 0 Å². The Labute approximate surface area is 106 Å². The molecule has 0 fully saturated rings. The van der Waals surface area contributed by atoms with Crippen molar-refractivity contribution in [1.29, 1.82) is 0 Å². The second kappa shape index (κ2) is 7.92. The molecule has 0 saturated carbocycles. The Balaban J connectivity index is 2.73. The molecule has 1 nitrogen and oxygen atoms in total. The molecule has 0 saturated heterocycles. The lowest BCUT2D eigenvalue weighted by Crippen LogP contribution is -2.22. The highest BCUT2D eigenvalue weighted by atomic mass is 14.9. The van der Waals surface area contributed by atoms with Crippen LogP contribution in [0.4, 0.5) is 0 Å². The molecule has 0 aliphatic heterocycles. The second-order valence-electron chi connectivity index (χ2n) is 4.33. The molecule has 0 heterocycles. The van der Waals surface area contributed by atoms with Gasteiger partial charge in [0.1, 0.15) is 0 Å². The van der Waals surface area contributed by atoms with Crippen LogP contribution in [0.2, 0.25) is 0 Å². The maximum absolute atomic E-state index is 3.62. The summed E-state index contributed by atoms with van der Waals surface area (Å²) in [5, 5.41) is 3.62. The Morgan fingerprint density at radius 2 is 2.06 bits per heavy atom. The van der Waals surface area contributed by atoms with Gasteiger partial charge in [0.05, 0.1) is 0 Å². The lowest BCUT2D eigenvalue weighted by Gasteiger charge is -2.20. The second-order valence-corrected chi connectivity index (χ2v) is 4.33. The minimum absolute atomic E-state index is 0.442. The van der Waals surface area contributed by atoms with Gasteiger partial charge in [0, 0.05) is 12.5 Å². The number of nitrogens with one attached hydrogen (secondary N) is 1. The molecule has 17 heavy (non-hydrogen) atoms. The molecular formula is C16H23N. The zero-order valence-electron chi connectivity index (χ0n) is 11.2. The van der Waals surface area contributed by atoms with Crippen molar-refractivity contribution >= 4 is 0 Å². The van der Waals surface area contributed by atoms with Crippen molar-refractivity contribution in [2.75, 3.05) is 6.54 Å². The predicted octanol–water partition coefficient (Wildman–Crippen LogP) is 3.84. The predicted molar refractivity (Wildman–Crippen MR) is 74.9 cm³/mol. The average molecular weight is 229 g/mol. The van der Waals surface area contributed by atoms with Crippen LogP contribution in [-0.4, -0.2) is 6.54 Å². The van der Waals surface area contributed by atoms with Crippen LogP contribution in [-0.2, 0) is 0 Å². The summed E-state index contributed by atoms with van der Waals surface area (Å²) in [4.78, 5) is 0. The first-order valence-electron chi connectivity index (χ1n) is 6.48. The van der Waals surface area contributed by atoms with Gasteiger partial charge in [0.15, 0.2) is 0 Å². The fraction of sp³-hybridized carbons (Fsp3) is 0.500. The molecule has 1 atom stereocenters. The van der Waals surface area contributed by atoms with Crippen LogP contribution in [0.5, 0.6) is 0 Å². The number of benzene rings is 1. The van der Waals surface area contributed by atoms with Gasteiger partial charge in [-0.15, -0.1) is 11.8 Å². The summed E-state index contributed by atoms with van der Waals surface area (Å²) >= 11 is 0. The SMILES string of the molecule is CC#CCCC(NCCC)c1ccccc1C. The van der Waals surface area contributed by atoms with Gasteiger partial charge in [-0.25, -0.2) is 0 Å². The maximum Gasteiger partial charge on any atom is 0.0331 e. The first-order valence-corrected chi connectivity index (χ1v) is 6.48. The molecule has 1 N–H and O–H groups in total.